The van der Waals surface area contributed by atoms with Crippen LogP contribution < -0.4 is 10.1 Å². The molecule has 0 radical (unpaired) electrons. The van der Waals surface area contributed by atoms with Crippen LogP contribution >= 0.6 is 27.3 Å². The Morgan fingerprint density at radius 2 is 2.04 bits per heavy atom. The first-order valence-electron chi connectivity index (χ1n) is 7.41. The van der Waals surface area contributed by atoms with Crippen molar-refractivity contribution in [1.82, 2.24) is 4.98 Å². The molecule has 0 aliphatic rings. The van der Waals surface area contributed by atoms with Crippen molar-refractivity contribution in [3.63, 3.8) is 0 Å². The van der Waals surface area contributed by atoms with Gasteiger partial charge in [-0.15, -0.1) is 11.3 Å². The number of anilines is 1. The summed E-state index contributed by atoms with van der Waals surface area (Å²) in [5.74, 6) is -0.0356. The predicted molar refractivity (Wildman–Crippen MR) is 99.7 cm³/mol. The van der Waals surface area contributed by atoms with E-state index in [4.69, 9.17) is 4.74 Å². The summed E-state index contributed by atoms with van der Waals surface area (Å²) in [6, 6.07) is 11.4. The number of nitrogens with zero attached hydrogens (tertiary/aromatic N) is 1. The van der Waals surface area contributed by atoms with Crippen LogP contribution in [0.3, 0.4) is 0 Å². The SMILES string of the molecule is Cc1cc(Br)ccc1NC(=O)c1csc(COc2ccc(F)cc2)n1. The quantitative estimate of drug-likeness (QED) is 0.618. The summed E-state index contributed by atoms with van der Waals surface area (Å²) in [5, 5.41) is 5.20. The molecule has 0 spiro atoms. The Kier molecular flexibility index (Phi) is 5.45. The van der Waals surface area contributed by atoms with E-state index in [0.29, 0.717) is 16.5 Å². The van der Waals surface area contributed by atoms with Crippen molar-refractivity contribution in [3.8, 4) is 5.75 Å². The molecule has 0 saturated carbocycles. The van der Waals surface area contributed by atoms with E-state index in [1.807, 2.05) is 25.1 Å². The molecule has 7 heteroatoms. The lowest BCUT2D eigenvalue weighted by molar-refractivity contribution is 0.102. The topological polar surface area (TPSA) is 51.2 Å². The molecule has 1 aromatic heterocycles. The number of thiazole rings is 1. The number of benzene rings is 2. The fraction of sp³-hybridized carbons (Fsp3) is 0.111. The average molecular weight is 421 g/mol. The van der Waals surface area contributed by atoms with Gasteiger partial charge in [-0.05, 0) is 55.0 Å². The number of aryl methyl sites for hydroxylation is 1. The van der Waals surface area contributed by atoms with Gasteiger partial charge in [-0.25, -0.2) is 9.37 Å². The van der Waals surface area contributed by atoms with E-state index < -0.39 is 0 Å². The molecule has 0 unspecified atom stereocenters. The minimum absolute atomic E-state index is 0.223. The van der Waals surface area contributed by atoms with Crippen LogP contribution in [0.1, 0.15) is 21.1 Å². The third-order valence-electron chi connectivity index (χ3n) is 3.40. The summed E-state index contributed by atoms with van der Waals surface area (Å²) >= 11 is 4.73. The van der Waals surface area contributed by atoms with Crippen LogP contribution in [0.5, 0.6) is 5.75 Å². The van der Waals surface area contributed by atoms with E-state index in [0.717, 1.165) is 15.7 Å². The Balaban J connectivity index is 1.62. The van der Waals surface area contributed by atoms with Crippen LogP contribution in [0.2, 0.25) is 0 Å². The molecule has 4 nitrogen and oxygen atoms in total. The minimum atomic E-state index is -0.316. The zero-order valence-electron chi connectivity index (χ0n) is 13.3. The highest BCUT2D eigenvalue weighted by Crippen LogP contribution is 2.21. The number of nitrogens with one attached hydrogen (secondary N) is 1. The molecule has 0 atom stereocenters. The molecule has 0 saturated heterocycles. The molecule has 0 aliphatic heterocycles. The highest BCUT2D eigenvalue weighted by Gasteiger charge is 2.12. The lowest BCUT2D eigenvalue weighted by Crippen LogP contribution is -2.13. The maximum absolute atomic E-state index is 12.9. The Morgan fingerprint density at radius 3 is 2.76 bits per heavy atom. The van der Waals surface area contributed by atoms with Crippen LogP contribution in [0, 0.1) is 12.7 Å². The van der Waals surface area contributed by atoms with Crippen molar-refractivity contribution >= 4 is 38.9 Å². The minimum Gasteiger partial charge on any atom is -0.486 e. The largest absolute Gasteiger partial charge is 0.486 e. The zero-order chi connectivity index (χ0) is 17.8. The third kappa shape index (κ3) is 4.64. The first kappa shape index (κ1) is 17.6. The van der Waals surface area contributed by atoms with Gasteiger partial charge in [0.2, 0.25) is 0 Å². The Labute approximate surface area is 156 Å². The van der Waals surface area contributed by atoms with E-state index in [1.54, 1.807) is 17.5 Å². The van der Waals surface area contributed by atoms with Gasteiger partial charge in [-0.3, -0.25) is 4.79 Å². The van der Waals surface area contributed by atoms with Crippen LogP contribution in [0.25, 0.3) is 0 Å². The van der Waals surface area contributed by atoms with Crippen LogP contribution in [0.4, 0.5) is 10.1 Å². The second-order valence-corrected chi connectivity index (χ2v) is 7.14. The highest BCUT2D eigenvalue weighted by atomic mass is 79.9. The fourth-order valence-corrected chi connectivity index (χ4v) is 3.27. The van der Waals surface area contributed by atoms with E-state index in [1.165, 1.54) is 23.5 Å². The van der Waals surface area contributed by atoms with Crippen molar-refractivity contribution < 1.29 is 13.9 Å². The van der Waals surface area contributed by atoms with E-state index in [9.17, 15) is 9.18 Å². The summed E-state index contributed by atoms with van der Waals surface area (Å²) in [7, 11) is 0. The second-order valence-electron chi connectivity index (χ2n) is 5.28. The van der Waals surface area contributed by atoms with Gasteiger partial charge in [0.05, 0.1) is 0 Å². The Morgan fingerprint density at radius 1 is 1.28 bits per heavy atom. The molecule has 3 aromatic rings. The van der Waals surface area contributed by atoms with Crippen molar-refractivity contribution in [3.05, 3.63) is 74.4 Å². The van der Waals surface area contributed by atoms with Crippen molar-refractivity contribution in [1.29, 1.82) is 0 Å². The number of halogens is 2. The summed E-state index contributed by atoms with van der Waals surface area (Å²) in [6.07, 6.45) is 0. The number of aromatic nitrogens is 1. The van der Waals surface area contributed by atoms with Crippen molar-refractivity contribution in [2.45, 2.75) is 13.5 Å². The molecule has 1 amide bonds. The lowest BCUT2D eigenvalue weighted by atomic mass is 10.2. The number of rotatable bonds is 5. The van der Waals surface area contributed by atoms with Crippen LogP contribution in [-0.2, 0) is 6.61 Å². The van der Waals surface area contributed by atoms with Crippen molar-refractivity contribution in [2.24, 2.45) is 0 Å². The summed E-state index contributed by atoms with van der Waals surface area (Å²) in [4.78, 5) is 16.6. The number of amides is 1. The zero-order valence-corrected chi connectivity index (χ0v) is 15.7. The van der Waals surface area contributed by atoms with Gasteiger partial charge in [-0.1, -0.05) is 15.9 Å². The molecule has 0 fully saturated rings. The Bertz CT molecular complexity index is 896. The van der Waals surface area contributed by atoms with Crippen molar-refractivity contribution in [2.75, 3.05) is 5.32 Å². The maximum atomic E-state index is 12.9. The van der Waals surface area contributed by atoms with Gasteiger partial charge in [-0.2, -0.15) is 0 Å². The van der Waals surface area contributed by atoms with E-state index in [-0.39, 0.29) is 18.3 Å². The molecular weight excluding hydrogens is 407 g/mol. The number of ether oxygens (including phenoxy) is 1. The number of hydrogen-bond donors (Lipinski definition) is 1. The van der Waals surface area contributed by atoms with E-state index in [2.05, 4.69) is 26.2 Å². The average Bonchev–Trinajstić information content (AvgIpc) is 3.06. The number of carbonyl (C=O) groups excluding carboxylic acids is 1. The summed E-state index contributed by atoms with van der Waals surface area (Å²) < 4.78 is 19.3. The summed E-state index contributed by atoms with van der Waals surface area (Å²) in [6.45, 7) is 2.14. The van der Waals surface area contributed by atoms with Gasteiger partial charge in [0.1, 0.15) is 28.9 Å². The number of hydrogen-bond acceptors (Lipinski definition) is 4. The van der Waals surface area contributed by atoms with Gasteiger partial charge >= 0.3 is 0 Å². The predicted octanol–water partition coefficient (Wildman–Crippen LogP) is 5.18. The lowest BCUT2D eigenvalue weighted by Gasteiger charge is -2.07. The first-order valence-corrected chi connectivity index (χ1v) is 9.09. The van der Waals surface area contributed by atoms with Crippen LogP contribution in [0.15, 0.2) is 52.3 Å². The fourth-order valence-electron chi connectivity index (χ4n) is 2.11. The molecule has 2 aromatic carbocycles. The Hall–Kier alpha value is -2.25. The molecule has 1 N–H and O–H groups in total. The van der Waals surface area contributed by atoms with Gasteiger partial charge in [0.25, 0.3) is 5.91 Å². The molecule has 25 heavy (non-hydrogen) atoms. The summed E-state index contributed by atoms with van der Waals surface area (Å²) in [5.41, 5.74) is 2.04. The molecular formula is C18H14BrFN2O2S. The van der Waals surface area contributed by atoms with Gasteiger partial charge < -0.3 is 10.1 Å². The second kappa shape index (κ2) is 7.76. The molecule has 0 aliphatic carbocycles. The third-order valence-corrected chi connectivity index (χ3v) is 4.71. The standard InChI is InChI=1S/C18H14BrFN2O2S/c1-11-8-12(19)2-7-15(11)22-18(23)16-10-25-17(21-16)9-24-14-5-3-13(20)4-6-14/h2-8,10H,9H2,1H3,(H,22,23). The normalized spacial score (nSPS) is 10.5. The van der Waals surface area contributed by atoms with Gasteiger partial charge in [0.15, 0.2) is 0 Å². The first-order chi connectivity index (χ1) is 12.0. The molecule has 128 valence electrons. The molecule has 1 heterocycles. The van der Waals surface area contributed by atoms with Crippen LogP contribution in [-0.4, -0.2) is 10.9 Å². The number of carbonyl (C=O) groups is 1. The highest BCUT2D eigenvalue weighted by molar-refractivity contribution is 9.10. The van der Waals surface area contributed by atoms with Gasteiger partial charge in [0, 0.05) is 15.5 Å². The maximum Gasteiger partial charge on any atom is 0.275 e. The molecule has 3 rings (SSSR count). The smallest absolute Gasteiger partial charge is 0.275 e. The molecule has 0 bridgehead atoms. The monoisotopic (exact) mass is 420 g/mol. The van der Waals surface area contributed by atoms with E-state index >= 15 is 0 Å².